The van der Waals surface area contributed by atoms with Crippen molar-refractivity contribution in [3.63, 3.8) is 0 Å². The van der Waals surface area contributed by atoms with Crippen LogP contribution in [-0.4, -0.2) is 67.7 Å². The Hall–Kier alpha value is -3.45. The third kappa shape index (κ3) is 5.19. The number of nitrogens with zero attached hydrogens (tertiary/aromatic N) is 4. The third-order valence-electron chi connectivity index (χ3n) is 5.02. The Bertz CT molecular complexity index is 1130. The Balaban J connectivity index is 1.91. The molecule has 1 aromatic heterocycles. The van der Waals surface area contributed by atoms with Gasteiger partial charge in [0.15, 0.2) is 9.84 Å². The second kappa shape index (κ2) is 9.14. The first-order valence-corrected chi connectivity index (χ1v) is 11.5. The molecule has 10 heteroatoms. The summed E-state index contributed by atoms with van der Waals surface area (Å²) >= 11 is 0. The van der Waals surface area contributed by atoms with Gasteiger partial charge in [-0.25, -0.2) is 13.4 Å². The fraction of sp³-hybridized carbons (Fsp3) is 0.333. The van der Waals surface area contributed by atoms with E-state index in [4.69, 9.17) is 5.11 Å². The SMILES string of the molecule is CS(=O)(=O)c1cc(C#N)c(N2CCN(C(=O)CCC(=O)O)CC2)nc1-c1ccccc1. The van der Waals surface area contributed by atoms with Gasteiger partial charge in [-0.1, -0.05) is 30.3 Å². The lowest BCUT2D eigenvalue weighted by atomic mass is 10.1. The van der Waals surface area contributed by atoms with Crippen molar-refractivity contribution in [1.29, 1.82) is 5.26 Å². The minimum atomic E-state index is -3.63. The van der Waals surface area contributed by atoms with Crippen LogP contribution in [0, 0.1) is 11.3 Å². The number of carbonyl (C=O) groups excluding carboxylic acids is 1. The summed E-state index contributed by atoms with van der Waals surface area (Å²) in [5.41, 5.74) is 1.04. The van der Waals surface area contributed by atoms with Crippen molar-refractivity contribution < 1.29 is 23.1 Å². The van der Waals surface area contributed by atoms with Gasteiger partial charge < -0.3 is 14.9 Å². The van der Waals surface area contributed by atoms with E-state index in [0.29, 0.717) is 37.6 Å². The average molecular weight is 442 g/mol. The summed E-state index contributed by atoms with van der Waals surface area (Å²) < 4.78 is 24.7. The summed E-state index contributed by atoms with van der Waals surface area (Å²) in [4.78, 5) is 30.9. The third-order valence-corrected chi connectivity index (χ3v) is 6.13. The van der Waals surface area contributed by atoms with Gasteiger partial charge >= 0.3 is 5.97 Å². The number of hydrogen-bond donors (Lipinski definition) is 1. The van der Waals surface area contributed by atoms with Gasteiger partial charge in [-0.15, -0.1) is 0 Å². The first kappa shape index (κ1) is 22.2. The molecule has 31 heavy (non-hydrogen) atoms. The standard InChI is InChI=1S/C21H22N4O5S/c1-31(29,30)17-13-16(14-22)21(23-20(17)15-5-3-2-4-6-15)25-11-9-24(10-12-25)18(26)7-8-19(27)28/h2-6,13H,7-12H2,1H3,(H,27,28). The number of pyridine rings is 1. The molecule has 0 spiro atoms. The van der Waals surface area contributed by atoms with E-state index in [1.807, 2.05) is 17.0 Å². The van der Waals surface area contributed by atoms with Crippen LogP contribution >= 0.6 is 0 Å². The van der Waals surface area contributed by atoms with E-state index in [1.165, 1.54) is 6.07 Å². The van der Waals surface area contributed by atoms with E-state index in [9.17, 15) is 23.3 Å². The number of amides is 1. The van der Waals surface area contributed by atoms with Gasteiger partial charge in [0.05, 0.1) is 22.6 Å². The molecule has 9 nitrogen and oxygen atoms in total. The minimum Gasteiger partial charge on any atom is -0.481 e. The van der Waals surface area contributed by atoms with Crippen LogP contribution < -0.4 is 4.90 Å². The molecule has 162 valence electrons. The molecule has 2 aromatic rings. The monoisotopic (exact) mass is 442 g/mol. The van der Waals surface area contributed by atoms with Crippen molar-refractivity contribution in [2.75, 3.05) is 37.3 Å². The molecule has 1 aromatic carbocycles. The summed E-state index contributed by atoms with van der Waals surface area (Å²) in [7, 11) is -3.63. The molecule has 1 aliphatic heterocycles. The van der Waals surface area contributed by atoms with Gasteiger partial charge in [0.2, 0.25) is 5.91 Å². The molecule has 1 saturated heterocycles. The zero-order valence-electron chi connectivity index (χ0n) is 17.0. The van der Waals surface area contributed by atoms with E-state index >= 15 is 0 Å². The van der Waals surface area contributed by atoms with Crippen LogP contribution in [0.1, 0.15) is 18.4 Å². The molecule has 3 rings (SSSR count). The Morgan fingerprint density at radius 3 is 2.32 bits per heavy atom. The number of rotatable bonds is 6. The number of hydrogen-bond acceptors (Lipinski definition) is 7. The van der Waals surface area contributed by atoms with Crippen molar-refractivity contribution in [3.8, 4) is 17.3 Å². The number of piperazine rings is 1. The predicted molar refractivity (Wildman–Crippen MR) is 113 cm³/mol. The van der Waals surface area contributed by atoms with Crippen LogP contribution in [0.15, 0.2) is 41.3 Å². The van der Waals surface area contributed by atoms with Crippen molar-refractivity contribution >= 4 is 27.5 Å². The van der Waals surface area contributed by atoms with Crippen molar-refractivity contribution in [1.82, 2.24) is 9.88 Å². The fourth-order valence-electron chi connectivity index (χ4n) is 3.43. The van der Waals surface area contributed by atoms with E-state index in [1.54, 1.807) is 29.2 Å². The lowest BCUT2D eigenvalue weighted by Crippen LogP contribution is -2.49. The van der Waals surface area contributed by atoms with Crippen LogP contribution in [0.3, 0.4) is 0 Å². The highest BCUT2D eigenvalue weighted by Gasteiger charge is 2.27. The molecule has 0 saturated carbocycles. The zero-order valence-corrected chi connectivity index (χ0v) is 17.8. The maximum atomic E-state index is 12.4. The first-order valence-electron chi connectivity index (χ1n) is 9.66. The summed E-state index contributed by atoms with van der Waals surface area (Å²) in [6.07, 6.45) is 0.809. The lowest BCUT2D eigenvalue weighted by Gasteiger charge is -2.36. The number of carbonyl (C=O) groups is 2. The number of sulfone groups is 1. The fourth-order valence-corrected chi connectivity index (χ4v) is 4.28. The summed E-state index contributed by atoms with van der Waals surface area (Å²) in [6, 6.07) is 12.3. The number of carboxylic acids is 1. The Morgan fingerprint density at radius 1 is 1.13 bits per heavy atom. The molecule has 1 N–H and O–H groups in total. The largest absolute Gasteiger partial charge is 0.481 e. The molecule has 0 radical (unpaired) electrons. The van der Waals surface area contributed by atoms with Crippen LogP contribution in [0.25, 0.3) is 11.3 Å². The molecular weight excluding hydrogens is 420 g/mol. The quantitative estimate of drug-likeness (QED) is 0.712. The highest BCUT2D eigenvalue weighted by Crippen LogP contribution is 2.31. The number of aromatic nitrogens is 1. The number of carboxylic acid groups (broad SMARTS) is 1. The number of aliphatic carboxylic acids is 1. The Morgan fingerprint density at radius 2 is 1.77 bits per heavy atom. The average Bonchev–Trinajstić information content (AvgIpc) is 2.76. The first-order chi connectivity index (χ1) is 14.7. The van der Waals surface area contributed by atoms with Crippen molar-refractivity contribution in [2.45, 2.75) is 17.7 Å². The predicted octanol–water partition coefficient (Wildman–Crippen LogP) is 1.54. The minimum absolute atomic E-state index is 0.0125. The molecule has 2 heterocycles. The second-order valence-corrected chi connectivity index (χ2v) is 9.20. The summed E-state index contributed by atoms with van der Waals surface area (Å²) in [6.45, 7) is 1.51. The summed E-state index contributed by atoms with van der Waals surface area (Å²) in [5.74, 6) is -0.881. The zero-order chi connectivity index (χ0) is 22.6. The van der Waals surface area contributed by atoms with Crippen LogP contribution in [-0.2, 0) is 19.4 Å². The van der Waals surface area contributed by atoms with E-state index in [-0.39, 0.29) is 34.9 Å². The van der Waals surface area contributed by atoms with Gasteiger partial charge in [-0.3, -0.25) is 9.59 Å². The highest BCUT2D eigenvalue weighted by atomic mass is 32.2. The lowest BCUT2D eigenvalue weighted by molar-refractivity contribution is -0.141. The molecule has 1 aliphatic rings. The Kier molecular flexibility index (Phi) is 6.56. The molecule has 1 fully saturated rings. The molecular formula is C21H22N4O5S. The van der Waals surface area contributed by atoms with E-state index in [2.05, 4.69) is 4.98 Å². The normalized spacial score (nSPS) is 14.2. The summed E-state index contributed by atoms with van der Waals surface area (Å²) in [5, 5.41) is 18.4. The van der Waals surface area contributed by atoms with Gasteiger partial charge in [0.1, 0.15) is 11.9 Å². The number of anilines is 1. The maximum absolute atomic E-state index is 12.4. The van der Waals surface area contributed by atoms with E-state index < -0.39 is 15.8 Å². The number of benzene rings is 1. The Labute approximate surface area is 180 Å². The maximum Gasteiger partial charge on any atom is 0.303 e. The topological polar surface area (TPSA) is 132 Å². The molecule has 0 aliphatic carbocycles. The van der Waals surface area contributed by atoms with E-state index in [0.717, 1.165) is 6.26 Å². The molecule has 0 atom stereocenters. The van der Waals surface area contributed by atoms with Crippen molar-refractivity contribution in [2.24, 2.45) is 0 Å². The van der Waals surface area contributed by atoms with Crippen LogP contribution in [0.5, 0.6) is 0 Å². The van der Waals surface area contributed by atoms with Crippen LogP contribution in [0.4, 0.5) is 5.82 Å². The van der Waals surface area contributed by atoms with Gasteiger partial charge in [0.25, 0.3) is 0 Å². The van der Waals surface area contributed by atoms with Gasteiger partial charge in [0, 0.05) is 44.4 Å². The molecule has 0 bridgehead atoms. The van der Waals surface area contributed by atoms with Crippen LogP contribution in [0.2, 0.25) is 0 Å². The number of nitriles is 1. The van der Waals surface area contributed by atoms with Gasteiger partial charge in [-0.2, -0.15) is 5.26 Å². The molecule has 0 unspecified atom stereocenters. The smallest absolute Gasteiger partial charge is 0.303 e. The molecule has 1 amide bonds. The van der Waals surface area contributed by atoms with Crippen molar-refractivity contribution in [3.05, 3.63) is 42.0 Å². The second-order valence-electron chi connectivity index (χ2n) is 7.22. The highest BCUT2D eigenvalue weighted by molar-refractivity contribution is 7.90. The van der Waals surface area contributed by atoms with Gasteiger partial charge in [-0.05, 0) is 6.07 Å².